The second kappa shape index (κ2) is 12.2. The maximum Gasteiger partial charge on any atom is 0.224 e. The molecule has 4 aromatic rings. The number of carbonyl (C=O) groups excluding carboxylic acids is 1. The van der Waals surface area contributed by atoms with E-state index in [1.54, 1.807) is 0 Å². The van der Waals surface area contributed by atoms with E-state index in [0.29, 0.717) is 39.0 Å². The zero-order valence-electron chi connectivity index (χ0n) is 20.7. The average Bonchev–Trinajstić information content (AvgIpc) is 3.40. The summed E-state index contributed by atoms with van der Waals surface area (Å²) in [7, 11) is 0. The Morgan fingerprint density at radius 1 is 0.865 bits per heavy atom. The van der Waals surface area contributed by atoms with Gasteiger partial charge in [0.15, 0.2) is 0 Å². The molecule has 1 amide bonds. The fraction of sp³-hybridized carbons (Fsp3) is 0.276. The molecule has 1 aromatic heterocycles. The van der Waals surface area contributed by atoms with E-state index in [1.807, 2.05) is 65.6 Å². The van der Waals surface area contributed by atoms with Gasteiger partial charge in [-0.2, -0.15) is 4.37 Å². The van der Waals surface area contributed by atoms with Crippen molar-refractivity contribution in [2.75, 3.05) is 42.5 Å². The van der Waals surface area contributed by atoms with Crippen molar-refractivity contribution in [2.45, 2.75) is 19.4 Å². The number of nitrogens with zero attached hydrogens (tertiary/aromatic N) is 5. The number of benzene rings is 3. The molecule has 0 aliphatic carbocycles. The first-order chi connectivity index (χ1) is 18.2. The van der Waals surface area contributed by atoms with Crippen LogP contribution in [0.15, 0.2) is 84.9 Å². The summed E-state index contributed by atoms with van der Waals surface area (Å²) in [4.78, 5) is 24.4. The van der Waals surface area contributed by atoms with Crippen LogP contribution in [0.4, 0.5) is 10.8 Å². The van der Waals surface area contributed by atoms with E-state index < -0.39 is 0 Å². The number of aromatic nitrogens is 2. The number of rotatable bonds is 9. The lowest BCUT2D eigenvalue weighted by Gasteiger charge is -2.36. The van der Waals surface area contributed by atoms with Crippen molar-refractivity contribution in [1.82, 2.24) is 14.3 Å². The molecule has 0 radical (unpaired) electrons. The second-order valence-electron chi connectivity index (χ2n) is 9.13. The largest absolute Gasteiger partial charge is 0.367 e. The van der Waals surface area contributed by atoms with Crippen LogP contribution < -0.4 is 9.80 Å². The molecule has 3 aromatic carbocycles. The van der Waals surface area contributed by atoms with Crippen molar-refractivity contribution in [2.24, 2.45) is 0 Å². The summed E-state index contributed by atoms with van der Waals surface area (Å²) in [6, 6.07) is 28.5. The van der Waals surface area contributed by atoms with Gasteiger partial charge in [-0.1, -0.05) is 84.4 Å². The minimum absolute atomic E-state index is 0.172. The first-order valence-corrected chi connectivity index (χ1v) is 13.7. The molecular formula is C29H30ClN5OS. The van der Waals surface area contributed by atoms with Crippen LogP contribution in [0.25, 0.3) is 0 Å². The van der Waals surface area contributed by atoms with E-state index >= 15 is 0 Å². The van der Waals surface area contributed by atoms with E-state index in [-0.39, 0.29) is 5.91 Å². The van der Waals surface area contributed by atoms with Gasteiger partial charge < -0.3 is 14.7 Å². The van der Waals surface area contributed by atoms with Crippen LogP contribution in [-0.2, 0) is 17.8 Å². The van der Waals surface area contributed by atoms with Crippen molar-refractivity contribution < 1.29 is 4.79 Å². The molecule has 0 saturated carbocycles. The van der Waals surface area contributed by atoms with Crippen LogP contribution in [0.1, 0.15) is 23.4 Å². The topological polar surface area (TPSA) is 52.6 Å². The third kappa shape index (κ3) is 6.67. The minimum Gasteiger partial charge on any atom is -0.367 e. The quantitative estimate of drug-likeness (QED) is 0.284. The number of piperazine rings is 1. The molecule has 37 heavy (non-hydrogen) atoms. The number of carbonyl (C=O) groups is 1. The van der Waals surface area contributed by atoms with Gasteiger partial charge in [-0.05, 0) is 23.3 Å². The van der Waals surface area contributed by atoms with Gasteiger partial charge in [0.2, 0.25) is 11.0 Å². The predicted octanol–water partition coefficient (Wildman–Crippen LogP) is 5.53. The smallest absolute Gasteiger partial charge is 0.224 e. The Morgan fingerprint density at radius 3 is 2.22 bits per heavy atom. The number of hydrogen-bond donors (Lipinski definition) is 0. The van der Waals surface area contributed by atoms with E-state index in [2.05, 4.69) is 38.4 Å². The third-order valence-corrected chi connectivity index (χ3v) is 7.70. The number of halogens is 1. The lowest BCUT2D eigenvalue weighted by atomic mass is 10.1. The molecule has 1 fully saturated rings. The van der Waals surface area contributed by atoms with Gasteiger partial charge in [-0.25, -0.2) is 4.98 Å². The van der Waals surface area contributed by atoms with E-state index in [0.717, 1.165) is 34.8 Å². The molecule has 1 aliphatic heterocycles. The highest BCUT2D eigenvalue weighted by molar-refractivity contribution is 7.09. The van der Waals surface area contributed by atoms with Crippen molar-refractivity contribution in [1.29, 1.82) is 0 Å². The molecule has 8 heteroatoms. The van der Waals surface area contributed by atoms with Crippen molar-refractivity contribution in [3.63, 3.8) is 0 Å². The molecule has 190 valence electrons. The monoisotopic (exact) mass is 531 g/mol. The summed E-state index contributed by atoms with van der Waals surface area (Å²) in [6.07, 6.45) is 1.14. The molecule has 1 saturated heterocycles. The van der Waals surface area contributed by atoms with Crippen molar-refractivity contribution in [3.05, 3.63) is 107 Å². The molecule has 0 unspecified atom stereocenters. The molecule has 5 rings (SSSR count). The van der Waals surface area contributed by atoms with Gasteiger partial charge in [-0.15, -0.1) is 0 Å². The first-order valence-electron chi connectivity index (χ1n) is 12.6. The van der Waals surface area contributed by atoms with Crippen LogP contribution in [-0.4, -0.2) is 52.9 Å². The zero-order valence-corrected chi connectivity index (χ0v) is 22.2. The molecule has 0 bridgehead atoms. The Morgan fingerprint density at radius 2 is 1.51 bits per heavy atom. The Hall–Kier alpha value is -3.42. The molecular weight excluding hydrogens is 502 g/mol. The normalized spacial score (nSPS) is 13.5. The summed E-state index contributed by atoms with van der Waals surface area (Å²) in [5, 5.41) is 1.61. The third-order valence-electron chi connectivity index (χ3n) is 6.57. The van der Waals surface area contributed by atoms with Gasteiger partial charge in [0.1, 0.15) is 5.82 Å². The van der Waals surface area contributed by atoms with Crippen LogP contribution in [0.3, 0.4) is 0 Å². The SMILES string of the molecule is O=C(CCN(Cc1ccccc1)c1nc(Cc2ccccc2)ns1)N1CCN(c2ccccc2Cl)CC1. The van der Waals surface area contributed by atoms with E-state index in [4.69, 9.17) is 16.6 Å². The predicted molar refractivity (Wildman–Crippen MR) is 152 cm³/mol. The lowest BCUT2D eigenvalue weighted by Crippen LogP contribution is -2.49. The van der Waals surface area contributed by atoms with E-state index in [9.17, 15) is 4.79 Å². The fourth-order valence-corrected chi connectivity index (χ4v) is 5.53. The molecule has 0 atom stereocenters. The molecule has 6 nitrogen and oxygen atoms in total. The Labute approximate surface area is 227 Å². The minimum atomic E-state index is 0.172. The Kier molecular flexibility index (Phi) is 8.33. The maximum atomic E-state index is 13.2. The highest BCUT2D eigenvalue weighted by Crippen LogP contribution is 2.26. The number of para-hydroxylation sites is 1. The van der Waals surface area contributed by atoms with Crippen molar-refractivity contribution in [3.8, 4) is 0 Å². The number of hydrogen-bond acceptors (Lipinski definition) is 6. The Balaban J connectivity index is 1.21. The highest BCUT2D eigenvalue weighted by Gasteiger charge is 2.23. The molecule has 2 heterocycles. The molecule has 0 N–H and O–H groups in total. The number of anilines is 2. The van der Waals surface area contributed by atoms with Gasteiger partial charge >= 0.3 is 0 Å². The summed E-state index contributed by atoms with van der Waals surface area (Å²) in [6.45, 7) is 4.24. The fourth-order valence-electron chi connectivity index (χ4n) is 4.56. The van der Waals surface area contributed by atoms with Gasteiger partial charge in [0.25, 0.3) is 0 Å². The van der Waals surface area contributed by atoms with Crippen LogP contribution in [0.2, 0.25) is 5.02 Å². The van der Waals surface area contributed by atoms with Crippen LogP contribution in [0.5, 0.6) is 0 Å². The maximum absolute atomic E-state index is 13.2. The van der Waals surface area contributed by atoms with Gasteiger partial charge in [0, 0.05) is 63.6 Å². The van der Waals surface area contributed by atoms with E-state index in [1.165, 1.54) is 22.7 Å². The summed E-state index contributed by atoms with van der Waals surface area (Å²) >= 11 is 7.78. The standard InChI is InChI=1S/C29H30ClN5OS/c30-25-13-7-8-14-26(25)33-17-19-34(20-18-33)28(36)15-16-35(22-24-11-5-2-6-12-24)29-31-27(32-37-29)21-23-9-3-1-4-10-23/h1-14H,15-22H2. The highest BCUT2D eigenvalue weighted by atomic mass is 35.5. The lowest BCUT2D eigenvalue weighted by molar-refractivity contribution is -0.131. The average molecular weight is 532 g/mol. The summed E-state index contributed by atoms with van der Waals surface area (Å²) in [5.74, 6) is 0.983. The second-order valence-corrected chi connectivity index (χ2v) is 10.3. The Bertz CT molecular complexity index is 1290. The first kappa shape index (κ1) is 25.2. The van der Waals surface area contributed by atoms with Gasteiger partial charge in [-0.3, -0.25) is 4.79 Å². The number of amides is 1. The van der Waals surface area contributed by atoms with Crippen LogP contribution >= 0.6 is 23.1 Å². The zero-order chi connectivity index (χ0) is 25.5. The molecule has 0 spiro atoms. The summed E-state index contributed by atoms with van der Waals surface area (Å²) < 4.78 is 4.61. The summed E-state index contributed by atoms with van der Waals surface area (Å²) in [5.41, 5.74) is 3.41. The van der Waals surface area contributed by atoms with Crippen LogP contribution in [0, 0.1) is 0 Å². The molecule has 1 aliphatic rings. The van der Waals surface area contributed by atoms with Crippen molar-refractivity contribution >= 4 is 39.9 Å². The van der Waals surface area contributed by atoms with Gasteiger partial charge in [0.05, 0.1) is 10.7 Å².